The number of nitrogens with one attached hydrogen (secondary N) is 1. The van der Waals surface area contributed by atoms with E-state index in [0.29, 0.717) is 18.0 Å². The molecule has 0 bridgehead atoms. The molecule has 0 unspecified atom stereocenters. The SMILES string of the molecule is CCOc1ccccc1N(CCNC(=O)Cc1ccc(C)cc1)S(C)(=O)=O. The topological polar surface area (TPSA) is 75.7 Å². The number of nitrogens with zero attached hydrogens (tertiary/aromatic N) is 1. The van der Waals surface area contributed by atoms with Crippen LogP contribution < -0.4 is 14.4 Å². The maximum absolute atomic E-state index is 12.2. The van der Waals surface area contributed by atoms with Crippen LogP contribution in [0.2, 0.25) is 0 Å². The zero-order valence-electron chi connectivity index (χ0n) is 15.9. The minimum absolute atomic E-state index is 0.128. The number of ether oxygens (including phenoxy) is 1. The van der Waals surface area contributed by atoms with E-state index in [1.807, 2.05) is 38.1 Å². The van der Waals surface area contributed by atoms with E-state index < -0.39 is 10.0 Å². The summed E-state index contributed by atoms with van der Waals surface area (Å²) in [4.78, 5) is 12.1. The molecule has 1 amide bonds. The molecule has 0 aliphatic heterocycles. The molecule has 0 radical (unpaired) electrons. The van der Waals surface area contributed by atoms with Crippen molar-refractivity contribution in [3.05, 3.63) is 59.7 Å². The van der Waals surface area contributed by atoms with Gasteiger partial charge in [0.25, 0.3) is 0 Å². The van der Waals surface area contributed by atoms with Crippen molar-refractivity contribution >= 4 is 21.6 Å². The number of hydrogen-bond donors (Lipinski definition) is 1. The van der Waals surface area contributed by atoms with Crippen molar-refractivity contribution in [2.45, 2.75) is 20.3 Å². The molecule has 27 heavy (non-hydrogen) atoms. The monoisotopic (exact) mass is 390 g/mol. The number of aryl methyl sites for hydroxylation is 1. The Labute approximate surface area is 161 Å². The largest absolute Gasteiger partial charge is 0.492 e. The molecule has 0 atom stereocenters. The van der Waals surface area contributed by atoms with Crippen molar-refractivity contribution in [1.29, 1.82) is 0 Å². The molecule has 0 aromatic heterocycles. The smallest absolute Gasteiger partial charge is 0.232 e. The van der Waals surface area contributed by atoms with Crippen LogP contribution in [0.3, 0.4) is 0 Å². The van der Waals surface area contributed by atoms with Gasteiger partial charge in [0, 0.05) is 6.54 Å². The van der Waals surface area contributed by atoms with Crippen molar-refractivity contribution in [1.82, 2.24) is 5.32 Å². The van der Waals surface area contributed by atoms with Gasteiger partial charge in [-0.05, 0) is 31.5 Å². The van der Waals surface area contributed by atoms with Crippen LogP contribution in [0.4, 0.5) is 5.69 Å². The third-order valence-corrected chi connectivity index (χ3v) is 5.14. The van der Waals surface area contributed by atoms with E-state index in [4.69, 9.17) is 4.74 Å². The molecule has 2 aromatic carbocycles. The van der Waals surface area contributed by atoms with Gasteiger partial charge < -0.3 is 10.1 Å². The molecule has 0 heterocycles. The first kappa shape index (κ1) is 20.8. The van der Waals surface area contributed by atoms with E-state index >= 15 is 0 Å². The van der Waals surface area contributed by atoms with Gasteiger partial charge in [0.05, 0.1) is 31.5 Å². The normalized spacial score (nSPS) is 11.1. The summed E-state index contributed by atoms with van der Waals surface area (Å²) in [6, 6.07) is 14.7. The number of sulfonamides is 1. The molecular formula is C20H26N2O4S. The number of hydrogen-bond acceptors (Lipinski definition) is 4. The van der Waals surface area contributed by atoms with Crippen molar-refractivity contribution in [3.8, 4) is 5.75 Å². The fraction of sp³-hybridized carbons (Fsp3) is 0.350. The summed E-state index contributed by atoms with van der Waals surface area (Å²) in [6.45, 7) is 4.60. The number of para-hydroxylation sites is 2. The number of carbonyl (C=O) groups excluding carboxylic acids is 1. The molecule has 2 aromatic rings. The van der Waals surface area contributed by atoms with E-state index in [0.717, 1.165) is 17.4 Å². The number of carbonyl (C=O) groups is 1. The van der Waals surface area contributed by atoms with E-state index in [1.165, 1.54) is 4.31 Å². The Morgan fingerprint density at radius 3 is 2.41 bits per heavy atom. The second-order valence-electron chi connectivity index (χ2n) is 6.25. The molecule has 7 heteroatoms. The molecule has 0 spiro atoms. The lowest BCUT2D eigenvalue weighted by atomic mass is 10.1. The van der Waals surface area contributed by atoms with Gasteiger partial charge in [-0.1, -0.05) is 42.0 Å². The molecule has 1 N–H and O–H groups in total. The van der Waals surface area contributed by atoms with Gasteiger partial charge in [0.2, 0.25) is 15.9 Å². The van der Waals surface area contributed by atoms with Crippen LogP contribution in [0, 0.1) is 6.92 Å². The standard InChI is InChI=1S/C20H26N2O4S/c1-4-26-19-8-6-5-7-18(19)22(27(3,24)25)14-13-21-20(23)15-17-11-9-16(2)10-12-17/h5-12H,4,13-15H2,1-3H3,(H,21,23). The fourth-order valence-corrected chi connectivity index (χ4v) is 3.59. The fourth-order valence-electron chi connectivity index (χ4n) is 2.66. The highest BCUT2D eigenvalue weighted by atomic mass is 32.2. The number of amides is 1. The number of rotatable bonds is 9. The minimum atomic E-state index is -3.52. The predicted octanol–water partition coefficient (Wildman–Crippen LogP) is 2.52. The van der Waals surface area contributed by atoms with Crippen LogP contribution in [0.25, 0.3) is 0 Å². The highest BCUT2D eigenvalue weighted by Crippen LogP contribution is 2.29. The second kappa shape index (κ2) is 9.41. The van der Waals surface area contributed by atoms with Crippen molar-refractivity contribution in [2.75, 3.05) is 30.3 Å². The Morgan fingerprint density at radius 2 is 1.78 bits per heavy atom. The molecule has 0 aliphatic rings. The van der Waals surface area contributed by atoms with E-state index in [2.05, 4.69) is 5.32 Å². The molecule has 0 fully saturated rings. The van der Waals surface area contributed by atoms with E-state index in [1.54, 1.807) is 24.3 Å². The first-order chi connectivity index (χ1) is 12.8. The molecular weight excluding hydrogens is 364 g/mol. The van der Waals surface area contributed by atoms with Gasteiger partial charge >= 0.3 is 0 Å². The highest BCUT2D eigenvalue weighted by molar-refractivity contribution is 7.92. The van der Waals surface area contributed by atoms with Gasteiger partial charge in [0.15, 0.2) is 0 Å². The lowest BCUT2D eigenvalue weighted by Gasteiger charge is -2.24. The summed E-state index contributed by atoms with van der Waals surface area (Å²) in [5.41, 5.74) is 2.52. The summed E-state index contributed by atoms with van der Waals surface area (Å²) < 4.78 is 31.3. The Balaban J connectivity index is 2.01. The Kier molecular flexibility index (Phi) is 7.24. The summed E-state index contributed by atoms with van der Waals surface area (Å²) in [5, 5.41) is 2.78. The van der Waals surface area contributed by atoms with Crippen LogP contribution in [0.5, 0.6) is 5.75 Å². The quantitative estimate of drug-likeness (QED) is 0.714. The maximum Gasteiger partial charge on any atom is 0.232 e. The Hall–Kier alpha value is -2.54. The van der Waals surface area contributed by atoms with Gasteiger partial charge in [-0.2, -0.15) is 0 Å². The Morgan fingerprint density at radius 1 is 1.11 bits per heavy atom. The second-order valence-corrected chi connectivity index (χ2v) is 8.16. The minimum Gasteiger partial charge on any atom is -0.492 e. The lowest BCUT2D eigenvalue weighted by Crippen LogP contribution is -2.38. The van der Waals surface area contributed by atoms with Crippen LogP contribution in [0.15, 0.2) is 48.5 Å². The predicted molar refractivity (Wildman–Crippen MR) is 108 cm³/mol. The third kappa shape index (κ3) is 6.29. The average Bonchev–Trinajstić information content (AvgIpc) is 2.61. The Bertz CT molecular complexity index is 864. The zero-order chi connectivity index (χ0) is 19.9. The number of anilines is 1. The number of benzene rings is 2. The van der Waals surface area contributed by atoms with Gasteiger partial charge in [-0.3, -0.25) is 9.10 Å². The van der Waals surface area contributed by atoms with Gasteiger partial charge in [-0.25, -0.2) is 8.42 Å². The van der Waals surface area contributed by atoms with Gasteiger partial charge in [0.1, 0.15) is 5.75 Å². The van der Waals surface area contributed by atoms with E-state index in [-0.39, 0.29) is 25.4 Å². The average molecular weight is 391 g/mol. The molecule has 0 saturated heterocycles. The molecule has 2 rings (SSSR count). The van der Waals surface area contributed by atoms with Crippen LogP contribution in [0.1, 0.15) is 18.1 Å². The van der Waals surface area contributed by atoms with Crippen LogP contribution in [-0.2, 0) is 21.2 Å². The maximum atomic E-state index is 12.2. The molecule has 6 nitrogen and oxygen atoms in total. The van der Waals surface area contributed by atoms with Crippen LogP contribution in [-0.4, -0.2) is 40.3 Å². The molecule has 0 saturated carbocycles. The summed E-state index contributed by atoms with van der Waals surface area (Å²) in [6.07, 6.45) is 1.40. The van der Waals surface area contributed by atoms with Crippen molar-refractivity contribution in [3.63, 3.8) is 0 Å². The first-order valence-corrected chi connectivity index (χ1v) is 10.7. The van der Waals surface area contributed by atoms with E-state index in [9.17, 15) is 13.2 Å². The lowest BCUT2D eigenvalue weighted by molar-refractivity contribution is -0.120. The summed E-state index contributed by atoms with van der Waals surface area (Å²) in [5.74, 6) is 0.349. The first-order valence-electron chi connectivity index (χ1n) is 8.83. The molecule has 146 valence electrons. The third-order valence-electron chi connectivity index (χ3n) is 3.96. The van der Waals surface area contributed by atoms with Crippen molar-refractivity contribution < 1.29 is 17.9 Å². The summed E-state index contributed by atoms with van der Waals surface area (Å²) in [7, 11) is -3.52. The van der Waals surface area contributed by atoms with Crippen LogP contribution >= 0.6 is 0 Å². The van der Waals surface area contributed by atoms with Crippen molar-refractivity contribution in [2.24, 2.45) is 0 Å². The molecule has 0 aliphatic carbocycles. The van der Waals surface area contributed by atoms with Gasteiger partial charge in [-0.15, -0.1) is 0 Å². The zero-order valence-corrected chi connectivity index (χ0v) is 16.8. The summed E-state index contributed by atoms with van der Waals surface area (Å²) >= 11 is 0. The highest BCUT2D eigenvalue weighted by Gasteiger charge is 2.21.